The van der Waals surface area contributed by atoms with Gasteiger partial charge in [0.1, 0.15) is 0 Å². The third-order valence-corrected chi connectivity index (χ3v) is 4.73. The minimum atomic E-state index is 0.0463. The molecule has 1 amide bonds. The molecule has 5 heteroatoms. The van der Waals surface area contributed by atoms with Crippen LogP contribution in [0.1, 0.15) is 18.5 Å². The molecule has 0 aliphatic carbocycles. The number of para-hydroxylation sites is 1. The average Bonchev–Trinajstić information content (AvgIpc) is 2.68. The number of amides is 1. The molecular formula is C20H26N4O. The number of aromatic nitrogens is 1. The number of carbonyl (C=O) groups is 1. The van der Waals surface area contributed by atoms with E-state index in [1.54, 1.807) is 6.20 Å². The summed E-state index contributed by atoms with van der Waals surface area (Å²) >= 11 is 0. The second kappa shape index (κ2) is 8.62. The van der Waals surface area contributed by atoms with E-state index in [2.05, 4.69) is 44.4 Å². The maximum Gasteiger partial charge on any atom is 0.234 e. The van der Waals surface area contributed by atoms with Crippen molar-refractivity contribution in [2.45, 2.75) is 25.4 Å². The fourth-order valence-electron chi connectivity index (χ4n) is 3.29. The molecule has 1 aromatic carbocycles. The van der Waals surface area contributed by atoms with E-state index in [4.69, 9.17) is 0 Å². The van der Waals surface area contributed by atoms with Crippen LogP contribution in [0.25, 0.3) is 0 Å². The van der Waals surface area contributed by atoms with E-state index in [9.17, 15) is 4.79 Å². The number of anilines is 1. The maximum atomic E-state index is 12.2. The zero-order valence-electron chi connectivity index (χ0n) is 14.8. The van der Waals surface area contributed by atoms with Gasteiger partial charge in [0.15, 0.2) is 0 Å². The van der Waals surface area contributed by atoms with Crippen LogP contribution in [0.2, 0.25) is 0 Å². The first kappa shape index (κ1) is 17.4. The fraction of sp³-hybridized carbons (Fsp3) is 0.400. The predicted molar refractivity (Wildman–Crippen MR) is 100 cm³/mol. The highest BCUT2D eigenvalue weighted by molar-refractivity contribution is 5.78. The number of likely N-dealkylation sites (N-methyl/N-ethyl adjacent to an activating group) is 1. The summed E-state index contributed by atoms with van der Waals surface area (Å²) in [4.78, 5) is 21.0. The van der Waals surface area contributed by atoms with Crippen molar-refractivity contribution in [1.82, 2.24) is 15.2 Å². The van der Waals surface area contributed by atoms with Crippen molar-refractivity contribution in [3.8, 4) is 0 Å². The van der Waals surface area contributed by atoms with E-state index < -0.39 is 0 Å². The van der Waals surface area contributed by atoms with Crippen LogP contribution in [0.5, 0.6) is 0 Å². The molecule has 1 aliphatic rings. The third-order valence-electron chi connectivity index (χ3n) is 4.73. The first-order valence-corrected chi connectivity index (χ1v) is 8.89. The summed E-state index contributed by atoms with van der Waals surface area (Å²) in [5.74, 6) is 0.0463. The molecule has 3 rings (SSSR count). The molecule has 0 radical (unpaired) electrons. The highest BCUT2D eigenvalue weighted by atomic mass is 16.2. The molecule has 1 unspecified atom stereocenters. The third kappa shape index (κ3) is 5.03. The number of hydrogen-bond acceptors (Lipinski definition) is 4. The molecule has 25 heavy (non-hydrogen) atoms. The SMILES string of the molecule is CN(CC(=O)NCc1ccccn1)C1CCCN(c2ccccc2)C1. The second-order valence-corrected chi connectivity index (χ2v) is 6.59. The van der Waals surface area contributed by atoms with Crippen molar-refractivity contribution in [1.29, 1.82) is 0 Å². The van der Waals surface area contributed by atoms with Crippen molar-refractivity contribution >= 4 is 11.6 Å². The van der Waals surface area contributed by atoms with Crippen molar-refractivity contribution in [3.05, 3.63) is 60.4 Å². The predicted octanol–water partition coefficient (Wildman–Crippen LogP) is 2.30. The zero-order chi connectivity index (χ0) is 17.5. The molecule has 1 aliphatic heterocycles. The molecule has 0 bridgehead atoms. The summed E-state index contributed by atoms with van der Waals surface area (Å²) in [6, 6.07) is 16.6. The van der Waals surface area contributed by atoms with Gasteiger partial charge < -0.3 is 10.2 Å². The van der Waals surface area contributed by atoms with Gasteiger partial charge in [-0.2, -0.15) is 0 Å². The largest absolute Gasteiger partial charge is 0.370 e. The van der Waals surface area contributed by atoms with Crippen LogP contribution in [0.4, 0.5) is 5.69 Å². The average molecular weight is 338 g/mol. The first-order chi connectivity index (χ1) is 12.2. The van der Waals surface area contributed by atoms with Crippen LogP contribution < -0.4 is 10.2 Å². The molecule has 1 saturated heterocycles. The van der Waals surface area contributed by atoms with E-state index in [-0.39, 0.29) is 5.91 Å². The number of nitrogens with zero attached hydrogens (tertiary/aromatic N) is 3. The van der Waals surface area contributed by atoms with Gasteiger partial charge in [0.05, 0.1) is 18.8 Å². The smallest absolute Gasteiger partial charge is 0.234 e. The molecule has 0 saturated carbocycles. The monoisotopic (exact) mass is 338 g/mol. The van der Waals surface area contributed by atoms with Gasteiger partial charge in [-0.05, 0) is 44.2 Å². The van der Waals surface area contributed by atoms with Gasteiger partial charge in [0.2, 0.25) is 5.91 Å². The number of carbonyl (C=O) groups excluding carboxylic acids is 1. The number of hydrogen-bond donors (Lipinski definition) is 1. The summed E-state index contributed by atoms with van der Waals surface area (Å²) in [6.07, 6.45) is 4.03. The van der Waals surface area contributed by atoms with Crippen LogP contribution in [-0.2, 0) is 11.3 Å². The molecule has 0 spiro atoms. The van der Waals surface area contributed by atoms with E-state index in [0.717, 1.165) is 31.6 Å². The second-order valence-electron chi connectivity index (χ2n) is 6.59. The molecule has 1 N–H and O–H groups in total. The van der Waals surface area contributed by atoms with Crippen molar-refractivity contribution in [3.63, 3.8) is 0 Å². The van der Waals surface area contributed by atoms with Crippen LogP contribution in [0.15, 0.2) is 54.7 Å². The van der Waals surface area contributed by atoms with Gasteiger partial charge in [-0.3, -0.25) is 14.7 Å². The molecule has 2 aromatic rings. The highest BCUT2D eigenvalue weighted by Gasteiger charge is 2.24. The molecule has 1 aromatic heterocycles. The van der Waals surface area contributed by atoms with Gasteiger partial charge in [-0.15, -0.1) is 0 Å². The van der Waals surface area contributed by atoms with E-state index in [1.165, 1.54) is 5.69 Å². The summed E-state index contributed by atoms with van der Waals surface area (Å²) in [7, 11) is 2.04. The molecule has 5 nitrogen and oxygen atoms in total. The lowest BCUT2D eigenvalue weighted by Crippen LogP contribution is -2.49. The van der Waals surface area contributed by atoms with Gasteiger partial charge in [-0.25, -0.2) is 0 Å². The van der Waals surface area contributed by atoms with Crippen LogP contribution in [0, 0.1) is 0 Å². The lowest BCUT2D eigenvalue weighted by molar-refractivity contribution is -0.122. The molecular weight excluding hydrogens is 312 g/mol. The summed E-state index contributed by atoms with van der Waals surface area (Å²) in [5, 5.41) is 2.96. The minimum Gasteiger partial charge on any atom is -0.370 e. The molecule has 132 valence electrons. The number of benzene rings is 1. The Morgan fingerprint density at radius 3 is 2.80 bits per heavy atom. The Labute approximate surface area is 149 Å². The Hall–Kier alpha value is -2.40. The van der Waals surface area contributed by atoms with E-state index in [0.29, 0.717) is 19.1 Å². The number of pyridine rings is 1. The zero-order valence-corrected chi connectivity index (χ0v) is 14.8. The van der Waals surface area contributed by atoms with Crippen molar-refractivity contribution < 1.29 is 4.79 Å². The summed E-state index contributed by atoms with van der Waals surface area (Å²) < 4.78 is 0. The molecule has 1 atom stereocenters. The van der Waals surface area contributed by atoms with Crippen LogP contribution >= 0.6 is 0 Å². The standard InChI is InChI=1S/C20H26N4O/c1-23(16-20(25)22-14-17-8-5-6-12-21-17)19-11-7-13-24(15-19)18-9-3-2-4-10-18/h2-6,8-10,12,19H,7,11,13-16H2,1H3,(H,22,25). The fourth-order valence-corrected chi connectivity index (χ4v) is 3.29. The number of rotatable bonds is 6. The van der Waals surface area contributed by atoms with E-state index >= 15 is 0 Å². The topological polar surface area (TPSA) is 48.5 Å². The van der Waals surface area contributed by atoms with E-state index in [1.807, 2.05) is 31.3 Å². The van der Waals surface area contributed by atoms with Crippen LogP contribution in [0.3, 0.4) is 0 Å². The van der Waals surface area contributed by atoms with Gasteiger partial charge in [0.25, 0.3) is 0 Å². The number of nitrogens with one attached hydrogen (secondary N) is 1. The maximum absolute atomic E-state index is 12.2. The van der Waals surface area contributed by atoms with Crippen molar-refractivity contribution in [2.24, 2.45) is 0 Å². The van der Waals surface area contributed by atoms with Crippen molar-refractivity contribution in [2.75, 3.05) is 31.6 Å². The Morgan fingerprint density at radius 1 is 1.24 bits per heavy atom. The summed E-state index contributed by atoms with van der Waals surface area (Å²) in [6.45, 7) is 2.95. The summed E-state index contributed by atoms with van der Waals surface area (Å²) in [5.41, 5.74) is 2.15. The van der Waals surface area contributed by atoms with Gasteiger partial charge in [0, 0.05) is 31.0 Å². The number of piperidine rings is 1. The minimum absolute atomic E-state index is 0.0463. The Morgan fingerprint density at radius 2 is 2.04 bits per heavy atom. The quantitative estimate of drug-likeness (QED) is 0.878. The Kier molecular flexibility index (Phi) is 6.01. The Bertz CT molecular complexity index is 662. The highest BCUT2D eigenvalue weighted by Crippen LogP contribution is 2.21. The van der Waals surface area contributed by atoms with Gasteiger partial charge >= 0.3 is 0 Å². The van der Waals surface area contributed by atoms with Gasteiger partial charge in [-0.1, -0.05) is 24.3 Å². The molecule has 2 heterocycles. The lowest BCUT2D eigenvalue weighted by Gasteiger charge is -2.38. The van der Waals surface area contributed by atoms with Crippen LogP contribution in [-0.4, -0.2) is 48.5 Å². The first-order valence-electron chi connectivity index (χ1n) is 8.89. The lowest BCUT2D eigenvalue weighted by atomic mass is 10.0. The normalized spacial score (nSPS) is 17.5. The Balaban J connectivity index is 1.48. The molecule has 1 fully saturated rings.